The van der Waals surface area contributed by atoms with E-state index in [0.29, 0.717) is 11.7 Å². The molecule has 0 N–H and O–H groups in total. The highest BCUT2D eigenvalue weighted by Crippen LogP contribution is 2.38. The van der Waals surface area contributed by atoms with Crippen molar-refractivity contribution in [3.8, 4) is 0 Å². The van der Waals surface area contributed by atoms with E-state index in [4.69, 9.17) is 4.52 Å². The summed E-state index contributed by atoms with van der Waals surface area (Å²) in [5, 5.41) is 3.79. The van der Waals surface area contributed by atoms with Crippen molar-refractivity contribution in [2.45, 2.75) is 32.2 Å². The quantitative estimate of drug-likeness (QED) is 0.793. The van der Waals surface area contributed by atoms with Crippen LogP contribution in [0.1, 0.15) is 47.8 Å². The molecule has 23 heavy (non-hydrogen) atoms. The summed E-state index contributed by atoms with van der Waals surface area (Å²) in [5.74, 6) is -4.16. The molecule has 0 spiro atoms. The first-order valence-electron chi connectivity index (χ1n) is 7.26. The smallest absolute Gasteiger partial charge is 0.257 e. The molecular weight excluding hydrogens is 311 g/mol. The third-order valence-electron chi connectivity index (χ3n) is 3.68. The van der Waals surface area contributed by atoms with Crippen LogP contribution in [-0.4, -0.2) is 27.5 Å². The zero-order chi connectivity index (χ0) is 16.6. The first kappa shape index (κ1) is 15.5. The van der Waals surface area contributed by atoms with Crippen LogP contribution in [0.15, 0.2) is 16.7 Å². The van der Waals surface area contributed by atoms with Gasteiger partial charge in [0, 0.05) is 12.5 Å². The van der Waals surface area contributed by atoms with Gasteiger partial charge in [-0.3, -0.25) is 4.79 Å². The minimum Gasteiger partial charge on any atom is -0.339 e. The number of carbonyl (C=O) groups excluding carboxylic acids is 1. The Bertz CT molecular complexity index is 744. The average molecular weight is 325 g/mol. The molecule has 1 aromatic carbocycles. The van der Waals surface area contributed by atoms with Crippen LogP contribution in [0.4, 0.5) is 13.2 Å². The summed E-state index contributed by atoms with van der Waals surface area (Å²) in [6.07, 6.45) is 2.00. The summed E-state index contributed by atoms with van der Waals surface area (Å²) in [5.41, 5.74) is -0.531. The molecule has 122 valence electrons. The van der Waals surface area contributed by atoms with Gasteiger partial charge in [-0.25, -0.2) is 13.2 Å². The van der Waals surface area contributed by atoms with Crippen LogP contribution >= 0.6 is 0 Å². The van der Waals surface area contributed by atoms with Crippen LogP contribution in [0.2, 0.25) is 0 Å². The van der Waals surface area contributed by atoms with E-state index in [1.807, 2.05) is 0 Å². The lowest BCUT2D eigenvalue weighted by Crippen LogP contribution is -2.31. The molecule has 0 aliphatic heterocycles. The first-order valence-corrected chi connectivity index (χ1v) is 7.26. The standard InChI is InChI=1S/C15H14F3N3O2/c1-2-21(7-11-19-14(23-20-11)8-3-4-8)15(22)9-5-6-10(16)13(18)12(9)17/h5-6,8H,2-4,7H2,1H3. The molecular formula is C15H14F3N3O2. The van der Waals surface area contributed by atoms with Gasteiger partial charge in [0.2, 0.25) is 5.89 Å². The molecule has 1 aliphatic carbocycles. The van der Waals surface area contributed by atoms with Crippen LogP contribution in [0.25, 0.3) is 0 Å². The summed E-state index contributed by atoms with van der Waals surface area (Å²) in [4.78, 5) is 17.8. The van der Waals surface area contributed by atoms with Crippen molar-refractivity contribution in [3.05, 3.63) is 46.9 Å². The van der Waals surface area contributed by atoms with Gasteiger partial charge in [0.15, 0.2) is 23.3 Å². The van der Waals surface area contributed by atoms with Gasteiger partial charge in [-0.1, -0.05) is 5.16 Å². The Labute approximate surface area is 130 Å². The predicted molar refractivity (Wildman–Crippen MR) is 73.0 cm³/mol. The first-order chi connectivity index (χ1) is 11.0. The lowest BCUT2D eigenvalue weighted by molar-refractivity contribution is 0.0741. The predicted octanol–water partition coefficient (Wildman–Crippen LogP) is 3.03. The van der Waals surface area contributed by atoms with Gasteiger partial charge in [-0.05, 0) is 31.9 Å². The molecule has 1 saturated carbocycles. The molecule has 5 nitrogen and oxygen atoms in total. The maximum Gasteiger partial charge on any atom is 0.257 e. The number of aromatic nitrogens is 2. The Morgan fingerprint density at radius 3 is 2.70 bits per heavy atom. The third-order valence-corrected chi connectivity index (χ3v) is 3.68. The maximum atomic E-state index is 13.8. The van der Waals surface area contributed by atoms with Gasteiger partial charge in [-0.15, -0.1) is 0 Å². The van der Waals surface area contributed by atoms with E-state index in [0.717, 1.165) is 25.0 Å². The number of benzene rings is 1. The number of amides is 1. The SMILES string of the molecule is CCN(Cc1noc(C2CC2)n1)C(=O)c1ccc(F)c(F)c1F. The number of carbonyl (C=O) groups is 1. The Morgan fingerprint density at radius 1 is 1.30 bits per heavy atom. The van der Waals surface area contributed by atoms with Crippen molar-refractivity contribution >= 4 is 5.91 Å². The minimum atomic E-state index is -1.66. The summed E-state index contributed by atoms with van der Waals surface area (Å²) in [6, 6.07) is 1.64. The molecule has 2 aromatic rings. The highest BCUT2D eigenvalue weighted by Gasteiger charge is 2.30. The van der Waals surface area contributed by atoms with E-state index in [1.165, 1.54) is 4.90 Å². The van der Waals surface area contributed by atoms with Gasteiger partial charge in [0.1, 0.15) is 0 Å². The van der Waals surface area contributed by atoms with E-state index >= 15 is 0 Å². The van der Waals surface area contributed by atoms with Crippen molar-refractivity contribution in [1.29, 1.82) is 0 Å². The summed E-state index contributed by atoms with van der Waals surface area (Å²) in [6.45, 7) is 1.91. The second-order valence-corrected chi connectivity index (χ2v) is 5.37. The Hall–Kier alpha value is -2.38. The van der Waals surface area contributed by atoms with E-state index in [1.54, 1.807) is 6.92 Å². The van der Waals surface area contributed by atoms with Crippen molar-refractivity contribution in [1.82, 2.24) is 15.0 Å². The van der Waals surface area contributed by atoms with Gasteiger partial charge >= 0.3 is 0 Å². The number of hydrogen-bond acceptors (Lipinski definition) is 4. The molecule has 0 radical (unpaired) electrons. The Morgan fingerprint density at radius 2 is 2.04 bits per heavy atom. The number of halogens is 3. The fourth-order valence-corrected chi connectivity index (χ4v) is 2.19. The number of hydrogen-bond donors (Lipinski definition) is 0. The van der Waals surface area contributed by atoms with Crippen molar-refractivity contribution < 1.29 is 22.5 Å². The topological polar surface area (TPSA) is 59.2 Å². The number of nitrogens with zero attached hydrogens (tertiary/aromatic N) is 3. The molecule has 1 fully saturated rings. The number of rotatable bonds is 5. The average Bonchev–Trinajstić information content (AvgIpc) is 3.29. The zero-order valence-corrected chi connectivity index (χ0v) is 12.4. The Kier molecular flexibility index (Phi) is 4.06. The molecule has 1 amide bonds. The van der Waals surface area contributed by atoms with Crippen LogP contribution in [0.3, 0.4) is 0 Å². The van der Waals surface area contributed by atoms with Gasteiger partial charge < -0.3 is 9.42 Å². The van der Waals surface area contributed by atoms with Crippen LogP contribution in [-0.2, 0) is 6.54 Å². The normalized spacial score (nSPS) is 14.1. The van der Waals surface area contributed by atoms with Gasteiger partial charge in [-0.2, -0.15) is 4.98 Å². The molecule has 3 rings (SSSR count). The minimum absolute atomic E-state index is 0.00396. The molecule has 0 unspecified atom stereocenters. The molecule has 0 saturated heterocycles. The van der Waals surface area contributed by atoms with Crippen LogP contribution in [0, 0.1) is 17.5 Å². The zero-order valence-electron chi connectivity index (χ0n) is 12.4. The molecule has 0 bridgehead atoms. The molecule has 1 aromatic heterocycles. The van der Waals surface area contributed by atoms with Gasteiger partial charge in [0.25, 0.3) is 5.91 Å². The molecule has 8 heteroatoms. The molecule has 1 aliphatic rings. The fraction of sp³-hybridized carbons (Fsp3) is 0.400. The maximum absolute atomic E-state index is 13.8. The second-order valence-electron chi connectivity index (χ2n) is 5.37. The lowest BCUT2D eigenvalue weighted by Gasteiger charge is -2.19. The van der Waals surface area contributed by atoms with Crippen LogP contribution < -0.4 is 0 Å². The van der Waals surface area contributed by atoms with Crippen molar-refractivity contribution in [3.63, 3.8) is 0 Å². The summed E-state index contributed by atoms with van der Waals surface area (Å²) < 4.78 is 45.1. The Balaban J connectivity index is 1.79. The molecule has 1 heterocycles. The lowest BCUT2D eigenvalue weighted by atomic mass is 10.1. The van der Waals surface area contributed by atoms with E-state index < -0.39 is 28.9 Å². The van der Waals surface area contributed by atoms with Crippen LogP contribution in [0.5, 0.6) is 0 Å². The molecule has 0 atom stereocenters. The largest absolute Gasteiger partial charge is 0.339 e. The van der Waals surface area contributed by atoms with E-state index in [9.17, 15) is 18.0 Å². The summed E-state index contributed by atoms with van der Waals surface area (Å²) >= 11 is 0. The van der Waals surface area contributed by atoms with E-state index in [-0.39, 0.29) is 19.0 Å². The third kappa shape index (κ3) is 3.06. The van der Waals surface area contributed by atoms with Gasteiger partial charge in [0.05, 0.1) is 12.1 Å². The van der Waals surface area contributed by atoms with E-state index in [2.05, 4.69) is 10.1 Å². The second kappa shape index (κ2) is 6.02. The monoisotopic (exact) mass is 325 g/mol. The highest BCUT2D eigenvalue weighted by atomic mass is 19.2. The summed E-state index contributed by atoms with van der Waals surface area (Å²) in [7, 11) is 0. The van der Waals surface area contributed by atoms with Crippen molar-refractivity contribution in [2.24, 2.45) is 0 Å². The highest BCUT2D eigenvalue weighted by molar-refractivity contribution is 5.94. The van der Waals surface area contributed by atoms with Crippen molar-refractivity contribution in [2.75, 3.05) is 6.54 Å². The fourth-order valence-electron chi connectivity index (χ4n) is 2.19.